The van der Waals surface area contributed by atoms with E-state index in [-0.39, 0.29) is 27.0 Å². The fourth-order valence-electron chi connectivity index (χ4n) is 2.80. The van der Waals surface area contributed by atoms with E-state index in [4.69, 9.17) is 0 Å². The molecule has 2 rings (SSSR count). The lowest BCUT2D eigenvalue weighted by molar-refractivity contribution is -0.120. The lowest BCUT2D eigenvalue weighted by Crippen LogP contribution is -2.35. The van der Waals surface area contributed by atoms with Gasteiger partial charge in [0, 0.05) is 22.1 Å². The molecule has 1 aliphatic rings. The Bertz CT molecular complexity index is 659. The van der Waals surface area contributed by atoms with Crippen molar-refractivity contribution in [3.8, 4) is 0 Å². The van der Waals surface area contributed by atoms with E-state index in [0.717, 1.165) is 37.0 Å². The number of hydrogen-bond donors (Lipinski definition) is 2. The quantitative estimate of drug-likeness (QED) is 0.430. The van der Waals surface area contributed by atoms with Crippen LogP contribution in [-0.4, -0.2) is 36.1 Å². The van der Waals surface area contributed by atoms with Crippen LogP contribution in [0.4, 0.5) is 5.69 Å². The molecular formula is C18H26N2O4S2. The topological polar surface area (TPSA) is 84.5 Å². The second kappa shape index (κ2) is 9.01. The predicted octanol–water partition coefficient (Wildman–Crippen LogP) is 3.88. The largest absolute Gasteiger partial charge is 0.465 e. The van der Waals surface area contributed by atoms with Crippen LogP contribution < -0.4 is 10.0 Å². The van der Waals surface area contributed by atoms with E-state index in [0.29, 0.717) is 18.0 Å². The number of thiophene rings is 1. The highest BCUT2D eigenvalue weighted by Gasteiger charge is 2.28. The molecule has 26 heavy (non-hydrogen) atoms. The highest BCUT2D eigenvalue weighted by molar-refractivity contribution is 7.98. The first-order chi connectivity index (χ1) is 12.2. The van der Waals surface area contributed by atoms with Crippen LogP contribution in [0.2, 0.25) is 0 Å². The van der Waals surface area contributed by atoms with Crippen molar-refractivity contribution in [1.82, 2.24) is 4.72 Å². The van der Waals surface area contributed by atoms with Crippen molar-refractivity contribution >= 4 is 47.1 Å². The van der Waals surface area contributed by atoms with Gasteiger partial charge in [-0.2, -0.15) is 0 Å². The average molecular weight is 399 g/mol. The average Bonchev–Trinajstić information content (AvgIpc) is 3.01. The molecule has 0 unspecified atom stereocenters. The molecule has 0 bridgehead atoms. The third-order valence-electron chi connectivity index (χ3n) is 4.21. The summed E-state index contributed by atoms with van der Waals surface area (Å²) < 4.78 is 8.33. The zero-order valence-electron chi connectivity index (χ0n) is 15.6. The van der Waals surface area contributed by atoms with Crippen molar-refractivity contribution in [2.24, 2.45) is 5.92 Å². The molecule has 0 radical (unpaired) electrons. The third-order valence-corrected chi connectivity index (χ3v) is 6.25. The molecule has 1 heterocycles. The van der Waals surface area contributed by atoms with Gasteiger partial charge in [-0.1, -0.05) is 11.9 Å². The van der Waals surface area contributed by atoms with Gasteiger partial charge in [0.25, 0.3) is 0 Å². The summed E-state index contributed by atoms with van der Waals surface area (Å²) in [6.45, 7) is 6.49. The number of nitrogens with one attached hydrogen (secondary N) is 2. The van der Waals surface area contributed by atoms with Crippen LogP contribution >= 0.6 is 23.3 Å². The van der Waals surface area contributed by atoms with Crippen molar-refractivity contribution in [3.63, 3.8) is 0 Å². The summed E-state index contributed by atoms with van der Waals surface area (Å²) in [5.41, 5.74) is 0.575. The van der Waals surface area contributed by atoms with Gasteiger partial charge < -0.3 is 10.1 Å². The predicted molar refractivity (Wildman–Crippen MR) is 106 cm³/mol. The Morgan fingerprint density at radius 2 is 1.92 bits per heavy atom. The Morgan fingerprint density at radius 3 is 2.46 bits per heavy atom. The van der Waals surface area contributed by atoms with Gasteiger partial charge in [-0.05, 0) is 46.5 Å². The summed E-state index contributed by atoms with van der Waals surface area (Å²) >= 11 is 2.83. The van der Waals surface area contributed by atoms with Crippen molar-refractivity contribution in [1.29, 1.82) is 0 Å². The first-order valence-corrected chi connectivity index (χ1v) is 10.3. The number of hydrogen-bond acceptors (Lipinski definition) is 7. The van der Waals surface area contributed by atoms with E-state index >= 15 is 0 Å². The maximum absolute atomic E-state index is 12.5. The molecule has 8 heteroatoms. The number of carbonyl (C=O) groups excluding carboxylic acids is 3. The van der Waals surface area contributed by atoms with Gasteiger partial charge in [0.1, 0.15) is 4.88 Å². The van der Waals surface area contributed by atoms with Crippen LogP contribution in [0.25, 0.3) is 0 Å². The van der Waals surface area contributed by atoms with Gasteiger partial charge in [0.2, 0.25) is 5.91 Å². The number of ether oxygens (including phenoxy) is 1. The van der Waals surface area contributed by atoms with Crippen LogP contribution in [-0.2, 0) is 9.53 Å². The van der Waals surface area contributed by atoms with E-state index in [1.807, 2.05) is 0 Å². The highest BCUT2D eigenvalue weighted by Crippen LogP contribution is 2.31. The number of esters is 1. The molecule has 144 valence electrons. The third kappa shape index (κ3) is 5.56. The second-order valence-electron chi connectivity index (χ2n) is 7.37. The van der Waals surface area contributed by atoms with Crippen molar-refractivity contribution in [2.45, 2.75) is 57.2 Å². The Balaban J connectivity index is 1.91. The minimum Gasteiger partial charge on any atom is -0.465 e. The summed E-state index contributed by atoms with van der Waals surface area (Å²) in [5.74, 6) is -0.738. The number of carbonyl (C=O) groups is 3. The number of aldehydes is 1. The Hall–Kier alpha value is -1.38. The van der Waals surface area contributed by atoms with Gasteiger partial charge >= 0.3 is 5.97 Å². The van der Waals surface area contributed by atoms with Gasteiger partial charge in [0.15, 0.2) is 6.29 Å². The summed E-state index contributed by atoms with van der Waals surface area (Å²) in [7, 11) is 1.26. The van der Waals surface area contributed by atoms with E-state index in [2.05, 4.69) is 35.5 Å². The molecule has 6 nitrogen and oxygen atoms in total. The minimum absolute atomic E-state index is 0.0753. The highest BCUT2D eigenvalue weighted by atomic mass is 32.2. The van der Waals surface area contributed by atoms with Gasteiger partial charge in [-0.3, -0.25) is 14.3 Å². The smallest absolute Gasteiger partial charge is 0.348 e. The lowest BCUT2D eigenvalue weighted by Gasteiger charge is -2.30. The minimum atomic E-state index is -0.569. The fourth-order valence-corrected chi connectivity index (χ4v) is 4.44. The maximum atomic E-state index is 12.5. The number of amides is 1. The SMILES string of the molecule is COC(=O)c1scc(NC(=O)C2CCC(NSC(C)(C)C)CC2)c1C=O. The molecule has 0 aromatic carbocycles. The second-order valence-corrected chi connectivity index (χ2v) is 9.92. The Morgan fingerprint density at radius 1 is 1.27 bits per heavy atom. The summed E-state index contributed by atoms with van der Waals surface area (Å²) in [6.07, 6.45) is 4.08. The first kappa shape index (κ1) is 20.9. The van der Waals surface area contributed by atoms with E-state index < -0.39 is 5.97 Å². The van der Waals surface area contributed by atoms with E-state index in [1.54, 1.807) is 17.3 Å². The molecule has 0 spiro atoms. The van der Waals surface area contributed by atoms with Crippen LogP contribution in [0.1, 0.15) is 66.5 Å². The molecule has 1 aliphatic carbocycles. The monoisotopic (exact) mass is 398 g/mol. The first-order valence-electron chi connectivity index (χ1n) is 8.64. The summed E-state index contributed by atoms with van der Waals surface area (Å²) in [6, 6.07) is 0.417. The zero-order valence-corrected chi connectivity index (χ0v) is 17.2. The normalized spacial score (nSPS) is 20.5. The summed E-state index contributed by atoms with van der Waals surface area (Å²) in [5, 5.41) is 4.42. The van der Waals surface area contributed by atoms with Crippen LogP contribution in [0.15, 0.2) is 5.38 Å². The summed E-state index contributed by atoms with van der Waals surface area (Å²) in [4.78, 5) is 35.7. The van der Waals surface area contributed by atoms with E-state index in [9.17, 15) is 14.4 Å². The standard InChI is InChI=1S/C18H26N2O4S2/c1-18(2,3)26-20-12-7-5-11(6-8-12)16(22)19-14-10-25-15(13(14)9-21)17(23)24-4/h9-12,20H,5-8H2,1-4H3,(H,19,22). The molecule has 0 saturated heterocycles. The number of rotatable bonds is 6. The van der Waals surface area contributed by atoms with Crippen molar-refractivity contribution in [3.05, 3.63) is 15.8 Å². The van der Waals surface area contributed by atoms with Crippen LogP contribution in [0, 0.1) is 5.92 Å². The molecule has 2 N–H and O–H groups in total. The molecule has 0 atom stereocenters. The lowest BCUT2D eigenvalue weighted by atomic mass is 9.86. The molecule has 1 fully saturated rings. The number of methoxy groups -OCH3 is 1. The Kier molecular flexibility index (Phi) is 7.25. The molecule has 1 amide bonds. The van der Waals surface area contributed by atoms with Crippen LogP contribution in [0.3, 0.4) is 0 Å². The van der Waals surface area contributed by atoms with Gasteiger partial charge in [-0.15, -0.1) is 11.3 Å². The molecule has 0 aliphatic heterocycles. The molecule has 1 saturated carbocycles. The van der Waals surface area contributed by atoms with Crippen molar-refractivity contribution in [2.75, 3.05) is 12.4 Å². The maximum Gasteiger partial charge on any atom is 0.348 e. The van der Waals surface area contributed by atoms with Gasteiger partial charge in [-0.25, -0.2) is 4.79 Å². The molecular weight excluding hydrogens is 372 g/mol. The molecule has 1 aromatic rings. The Labute approximate surface area is 162 Å². The van der Waals surface area contributed by atoms with E-state index in [1.165, 1.54) is 7.11 Å². The zero-order chi connectivity index (χ0) is 19.3. The van der Waals surface area contributed by atoms with Gasteiger partial charge in [0.05, 0.1) is 18.4 Å². The molecule has 1 aromatic heterocycles. The van der Waals surface area contributed by atoms with Crippen LogP contribution in [0.5, 0.6) is 0 Å². The van der Waals surface area contributed by atoms with Crippen molar-refractivity contribution < 1.29 is 19.1 Å². The number of anilines is 1. The fraction of sp³-hybridized carbons (Fsp3) is 0.611.